The van der Waals surface area contributed by atoms with Crippen molar-refractivity contribution in [2.45, 2.75) is 13.3 Å². The van der Waals surface area contributed by atoms with Crippen LogP contribution < -0.4 is 10.5 Å². The Labute approximate surface area is 116 Å². The van der Waals surface area contributed by atoms with Crippen LogP contribution in [0.3, 0.4) is 0 Å². The van der Waals surface area contributed by atoms with E-state index in [1.807, 2.05) is 0 Å². The minimum absolute atomic E-state index is 0.0109. The molecule has 0 spiro atoms. The average molecular weight is 283 g/mol. The van der Waals surface area contributed by atoms with Crippen molar-refractivity contribution < 1.29 is 19.1 Å². The van der Waals surface area contributed by atoms with Gasteiger partial charge in [0.1, 0.15) is 23.0 Å². The molecule has 110 valence electrons. The van der Waals surface area contributed by atoms with E-state index < -0.39 is 11.7 Å². The molecule has 0 saturated carbocycles. The van der Waals surface area contributed by atoms with Crippen LogP contribution in [0.4, 0.5) is 4.39 Å². The summed E-state index contributed by atoms with van der Waals surface area (Å²) in [4.78, 5) is 13.7. The van der Waals surface area contributed by atoms with E-state index in [0.29, 0.717) is 6.54 Å². The van der Waals surface area contributed by atoms with Gasteiger partial charge in [-0.3, -0.25) is 4.79 Å². The number of halogens is 1. The van der Waals surface area contributed by atoms with Gasteiger partial charge in [0.25, 0.3) is 5.91 Å². The van der Waals surface area contributed by atoms with Gasteiger partial charge in [-0.05, 0) is 19.1 Å². The number of carbonyl (C=O) groups is 1. The fourth-order valence-electron chi connectivity index (χ4n) is 1.74. The number of carbonyl (C=O) groups excluding carboxylic acids is 1. The molecule has 0 atom stereocenters. The molecule has 0 heterocycles. The Morgan fingerprint density at radius 1 is 1.55 bits per heavy atom. The quantitative estimate of drug-likeness (QED) is 0.358. The summed E-state index contributed by atoms with van der Waals surface area (Å²) in [7, 11) is 1.37. The Morgan fingerprint density at radius 3 is 2.80 bits per heavy atom. The van der Waals surface area contributed by atoms with Crippen molar-refractivity contribution in [3.8, 4) is 5.75 Å². The van der Waals surface area contributed by atoms with Gasteiger partial charge in [-0.15, -0.1) is 0 Å². The zero-order valence-electron chi connectivity index (χ0n) is 11.5. The number of nitrogens with zero attached hydrogens (tertiary/aromatic N) is 2. The number of hydrogen-bond donors (Lipinski definition) is 2. The van der Waals surface area contributed by atoms with Crippen LogP contribution in [0.15, 0.2) is 23.4 Å². The highest BCUT2D eigenvalue weighted by atomic mass is 19.1. The summed E-state index contributed by atoms with van der Waals surface area (Å²) in [5, 5.41) is 11.3. The van der Waals surface area contributed by atoms with Crippen molar-refractivity contribution in [1.82, 2.24) is 4.90 Å². The number of methoxy groups -OCH3 is 1. The molecule has 0 unspecified atom stereocenters. The average Bonchev–Trinajstić information content (AvgIpc) is 2.46. The zero-order valence-corrected chi connectivity index (χ0v) is 11.5. The second-order valence-corrected chi connectivity index (χ2v) is 4.04. The maximum Gasteiger partial charge on any atom is 0.260 e. The molecule has 1 amide bonds. The number of benzene rings is 1. The normalized spacial score (nSPS) is 11.2. The molecule has 0 radical (unpaired) electrons. The highest BCUT2D eigenvalue weighted by Crippen LogP contribution is 2.22. The number of ether oxygens (including phenoxy) is 1. The van der Waals surface area contributed by atoms with Crippen LogP contribution in [0.2, 0.25) is 0 Å². The molecule has 0 aromatic heterocycles. The van der Waals surface area contributed by atoms with E-state index in [9.17, 15) is 9.18 Å². The van der Waals surface area contributed by atoms with Crippen molar-refractivity contribution in [3.05, 3.63) is 29.6 Å². The highest BCUT2D eigenvalue weighted by molar-refractivity contribution is 5.97. The molecule has 0 aliphatic heterocycles. The van der Waals surface area contributed by atoms with Crippen molar-refractivity contribution in [3.63, 3.8) is 0 Å². The first-order valence-electron chi connectivity index (χ1n) is 6.13. The third-order valence-electron chi connectivity index (χ3n) is 2.84. The summed E-state index contributed by atoms with van der Waals surface area (Å²) < 4.78 is 18.8. The summed E-state index contributed by atoms with van der Waals surface area (Å²) in [6.45, 7) is 2.36. The second-order valence-electron chi connectivity index (χ2n) is 4.04. The van der Waals surface area contributed by atoms with E-state index in [0.717, 1.165) is 0 Å². The second kappa shape index (κ2) is 7.32. The minimum atomic E-state index is -0.642. The monoisotopic (exact) mass is 283 g/mol. The Balaban J connectivity index is 2.97. The number of hydrogen-bond acceptors (Lipinski definition) is 4. The van der Waals surface area contributed by atoms with Gasteiger partial charge in [-0.1, -0.05) is 11.2 Å². The number of rotatable bonds is 6. The number of nitrogens with two attached hydrogens (primary N) is 1. The van der Waals surface area contributed by atoms with Gasteiger partial charge in [-0.25, -0.2) is 4.39 Å². The number of amides is 1. The van der Waals surface area contributed by atoms with Crippen LogP contribution in [-0.2, 0) is 0 Å². The van der Waals surface area contributed by atoms with E-state index in [2.05, 4.69) is 5.16 Å². The van der Waals surface area contributed by atoms with E-state index in [1.165, 1.54) is 30.2 Å². The van der Waals surface area contributed by atoms with Gasteiger partial charge in [0.15, 0.2) is 0 Å². The summed E-state index contributed by atoms with van der Waals surface area (Å²) in [6.07, 6.45) is 0.201. The van der Waals surface area contributed by atoms with Gasteiger partial charge in [-0.2, -0.15) is 0 Å². The fraction of sp³-hybridized carbons (Fsp3) is 0.385. The van der Waals surface area contributed by atoms with Crippen LogP contribution in [0.1, 0.15) is 23.7 Å². The fourth-order valence-corrected chi connectivity index (χ4v) is 1.74. The van der Waals surface area contributed by atoms with Gasteiger partial charge >= 0.3 is 0 Å². The first kappa shape index (κ1) is 15.7. The van der Waals surface area contributed by atoms with Crippen molar-refractivity contribution in [2.75, 3.05) is 20.2 Å². The topological polar surface area (TPSA) is 88.1 Å². The van der Waals surface area contributed by atoms with Gasteiger partial charge in [0.2, 0.25) is 0 Å². The molecule has 7 heteroatoms. The van der Waals surface area contributed by atoms with E-state index >= 15 is 0 Å². The van der Waals surface area contributed by atoms with Crippen molar-refractivity contribution >= 4 is 11.7 Å². The van der Waals surface area contributed by atoms with Crippen molar-refractivity contribution in [1.29, 1.82) is 0 Å². The SMILES string of the molecule is CCN(CCC(N)=NO)C(=O)c1c(F)cccc1OC. The molecular weight excluding hydrogens is 265 g/mol. The lowest BCUT2D eigenvalue weighted by atomic mass is 10.1. The molecule has 1 aromatic rings. The summed E-state index contributed by atoms with van der Waals surface area (Å²) >= 11 is 0. The predicted molar refractivity (Wildman–Crippen MR) is 72.6 cm³/mol. The van der Waals surface area contributed by atoms with E-state index in [1.54, 1.807) is 6.92 Å². The molecule has 0 fully saturated rings. The molecular formula is C13H18FN3O3. The van der Waals surface area contributed by atoms with Gasteiger partial charge in [0, 0.05) is 19.5 Å². The van der Waals surface area contributed by atoms with E-state index in [-0.39, 0.29) is 30.1 Å². The molecule has 0 saturated heterocycles. The first-order chi connectivity index (χ1) is 9.54. The third kappa shape index (κ3) is 3.59. The Morgan fingerprint density at radius 2 is 2.25 bits per heavy atom. The largest absolute Gasteiger partial charge is 0.496 e. The van der Waals surface area contributed by atoms with Crippen molar-refractivity contribution in [2.24, 2.45) is 10.9 Å². The van der Waals surface area contributed by atoms with Gasteiger partial charge in [0.05, 0.1) is 7.11 Å². The zero-order chi connectivity index (χ0) is 15.1. The smallest absolute Gasteiger partial charge is 0.260 e. The summed E-state index contributed by atoms with van der Waals surface area (Å²) in [5.74, 6) is -0.946. The minimum Gasteiger partial charge on any atom is -0.496 e. The lowest BCUT2D eigenvalue weighted by Crippen LogP contribution is -2.34. The van der Waals surface area contributed by atoms with Gasteiger partial charge < -0.3 is 20.6 Å². The molecule has 20 heavy (non-hydrogen) atoms. The lowest BCUT2D eigenvalue weighted by molar-refractivity contribution is 0.0760. The van der Waals surface area contributed by atoms with Crippen LogP contribution in [-0.4, -0.2) is 42.0 Å². The Bertz CT molecular complexity index is 506. The lowest BCUT2D eigenvalue weighted by Gasteiger charge is -2.21. The third-order valence-corrected chi connectivity index (χ3v) is 2.84. The van der Waals surface area contributed by atoms with Crippen LogP contribution in [0.25, 0.3) is 0 Å². The predicted octanol–water partition coefficient (Wildman–Crippen LogP) is 1.43. The molecule has 1 rings (SSSR count). The van der Waals surface area contributed by atoms with Crippen LogP contribution in [0.5, 0.6) is 5.75 Å². The maximum atomic E-state index is 13.8. The Kier molecular flexibility index (Phi) is 5.76. The summed E-state index contributed by atoms with van der Waals surface area (Å²) in [6, 6.07) is 4.19. The molecule has 0 aliphatic carbocycles. The highest BCUT2D eigenvalue weighted by Gasteiger charge is 2.22. The molecule has 1 aromatic carbocycles. The maximum absolute atomic E-state index is 13.8. The Hall–Kier alpha value is -2.31. The van der Waals surface area contributed by atoms with E-state index in [4.69, 9.17) is 15.7 Å². The molecule has 0 aliphatic rings. The summed E-state index contributed by atoms with van der Waals surface area (Å²) in [5.41, 5.74) is 5.25. The van der Waals surface area contributed by atoms with Crippen LogP contribution in [0, 0.1) is 5.82 Å². The number of amidine groups is 1. The van der Waals surface area contributed by atoms with Crippen LogP contribution >= 0.6 is 0 Å². The molecule has 3 N–H and O–H groups in total. The number of oxime groups is 1. The molecule has 6 nitrogen and oxygen atoms in total. The molecule has 0 bridgehead atoms. The first-order valence-corrected chi connectivity index (χ1v) is 6.13. The standard InChI is InChI=1S/C13H18FN3O3/c1-3-17(8-7-11(15)16-19)13(18)12-9(14)5-4-6-10(12)20-2/h4-6,19H,3,7-8H2,1-2H3,(H2,15,16).